The second kappa shape index (κ2) is 8.41. The summed E-state index contributed by atoms with van der Waals surface area (Å²) in [4.78, 5) is 25.2. The summed E-state index contributed by atoms with van der Waals surface area (Å²) in [6.45, 7) is 4.00. The Hall–Kier alpha value is -1.70. The maximum absolute atomic E-state index is 11.2. The summed E-state index contributed by atoms with van der Waals surface area (Å²) in [5.41, 5.74) is -0.587. The van der Waals surface area contributed by atoms with Gasteiger partial charge in [0, 0.05) is 11.1 Å². The SMILES string of the molecule is CC.COC(=O)C(OO)c1ccc(Cl)cc1[N+](=O)[O-]. The number of methoxy groups -OCH3 is 1. The van der Waals surface area contributed by atoms with Gasteiger partial charge in [0.2, 0.25) is 6.10 Å². The largest absolute Gasteiger partial charge is 0.467 e. The van der Waals surface area contributed by atoms with E-state index in [0.29, 0.717) is 0 Å². The van der Waals surface area contributed by atoms with E-state index in [1.165, 1.54) is 12.1 Å². The van der Waals surface area contributed by atoms with Crippen LogP contribution in [0.25, 0.3) is 0 Å². The zero-order chi connectivity index (χ0) is 15.0. The first-order valence-corrected chi connectivity index (χ1v) is 5.71. The van der Waals surface area contributed by atoms with E-state index in [1.807, 2.05) is 13.8 Å². The molecule has 7 nitrogen and oxygen atoms in total. The van der Waals surface area contributed by atoms with Gasteiger partial charge in [-0.2, -0.15) is 0 Å². The highest BCUT2D eigenvalue weighted by Crippen LogP contribution is 2.30. The number of carbonyl (C=O) groups is 1. The summed E-state index contributed by atoms with van der Waals surface area (Å²) in [5.74, 6) is -0.960. The number of ether oxygens (including phenoxy) is 1. The lowest BCUT2D eigenvalue weighted by Gasteiger charge is -2.11. The Balaban J connectivity index is 0.00000154. The molecule has 0 bridgehead atoms. The van der Waals surface area contributed by atoms with Crippen LogP contribution >= 0.6 is 11.6 Å². The van der Waals surface area contributed by atoms with Crippen LogP contribution in [0.1, 0.15) is 25.5 Å². The second-order valence-corrected chi connectivity index (χ2v) is 3.41. The van der Waals surface area contributed by atoms with Gasteiger partial charge in [0.25, 0.3) is 5.69 Å². The maximum atomic E-state index is 11.2. The Bertz CT molecular complexity index is 451. The van der Waals surface area contributed by atoms with Crippen LogP contribution in [-0.2, 0) is 14.4 Å². The molecule has 1 atom stereocenters. The van der Waals surface area contributed by atoms with Crippen LogP contribution in [0.5, 0.6) is 0 Å². The number of esters is 1. The van der Waals surface area contributed by atoms with Crippen molar-refractivity contribution in [2.75, 3.05) is 7.11 Å². The van der Waals surface area contributed by atoms with E-state index >= 15 is 0 Å². The van der Waals surface area contributed by atoms with Gasteiger partial charge < -0.3 is 4.74 Å². The zero-order valence-corrected chi connectivity index (χ0v) is 11.4. The van der Waals surface area contributed by atoms with Crippen LogP contribution in [0, 0.1) is 10.1 Å². The molecule has 0 aromatic heterocycles. The van der Waals surface area contributed by atoms with Crippen LogP contribution in [0.3, 0.4) is 0 Å². The van der Waals surface area contributed by atoms with Gasteiger partial charge in [-0.25, -0.2) is 9.68 Å². The fourth-order valence-electron chi connectivity index (χ4n) is 1.23. The molecule has 1 aromatic carbocycles. The molecule has 0 spiro atoms. The molecule has 0 heterocycles. The molecule has 19 heavy (non-hydrogen) atoms. The normalized spacial score (nSPS) is 11.0. The summed E-state index contributed by atoms with van der Waals surface area (Å²) in [6, 6.07) is 3.59. The lowest BCUT2D eigenvalue weighted by atomic mass is 10.1. The number of halogens is 1. The lowest BCUT2D eigenvalue weighted by molar-refractivity contribution is -0.387. The minimum Gasteiger partial charge on any atom is -0.467 e. The third-order valence-corrected chi connectivity index (χ3v) is 2.23. The van der Waals surface area contributed by atoms with Crippen molar-refractivity contribution < 1.29 is 24.6 Å². The average Bonchev–Trinajstić information content (AvgIpc) is 2.42. The maximum Gasteiger partial charge on any atom is 0.343 e. The van der Waals surface area contributed by atoms with E-state index in [0.717, 1.165) is 13.2 Å². The van der Waals surface area contributed by atoms with Crippen LogP contribution < -0.4 is 0 Å². The average molecular weight is 292 g/mol. The number of carbonyl (C=O) groups excluding carboxylic acids is 1. The Morgan fingerprint density at radius 1 is 1.47 bits per heavy atom. The molecule has 1 rings (SSSR count). The van der Waals surface area contributed by atoms with Gasteiger partial charge in [-0.15, -0.1) is 0 Å². The Labute approximate surface area is 114 Å². The number of benzene rings is 1. The van der Waals surface area contributed by atoms with Crippen molar-refractivity contribution in [1.82, 2.24) is 0 Å². The zero-order valence-electron chi connectivity index (χ0n) is 10.6. The molecule has 8 heteroatoms. The summed E-state index contributed by atoms with van der Waals surface area (Å²) < 4.78 is 4.34. The molecule has 1 aromatic rings. The molecule has 0 saturated heterocycles. The molecular formula is C11H14ClNO6. The molecule has 0 radical (unpaired) electrons. The highest BCUT2D eigenvalue weighted by Gasteiger charge is 2.30. The smallest absolute Gasteiger partial charge is 0.343 e. The van der Waals surface area contributed by atoms with Gasteiger partial charge in [-0.3, -0.25) is 15.4 Å². The number of hydrogen-bond donors (Lipinski definition) is 1. The fraction of sp³-hybridized carbons (Fsp3) is 0.364. The van der Waals surface area contributed by atoms with E-state index in [9.17, 15) is 14.9 Å². The van der Waals surface area contributed by atoms with Gasteiger partial charge in [0.1, 0.15) is 0 Å². The fourth-order valence-corrected chi connectivity index (χ4v) is 1.40. The third-order valence-electron chi connectivity index (χ3n) is 1.99. The number of rotatable bonds is 4. The van der Waals surface area contributed by atoms with Crippen molar-refractivity contribution in [2.45, 2.75) is 20.0 Å². The van der Waals surface area contributed by atoms with Crippen LogP contribution in [0.15, 0.2) is 18.2 Å². The number of hydrogen-bond acceptors (Lipinski definition) is 6. The Morgan fingerprint density at radius 2 is 2.05 bits per heavy atom. The van der Waals surface area contributed by atoms with Crippen molar-refractivity contribution >= 4 is 23.3 Å². The standard InChI is InChI=1S/C9H8ClNO6.C2H6/c1-16-9(12)8(17-15)6-3-2-5(10)4-7(6)11(13)14;1-2/h2-4,8,15H,1H3;1-2H3. The lowest BCUT2D eigenvalue weighted by Crippen LogP contribution is -2.17. The summed E-state index contributed by atoms with van der Waals surface area (Å²) >= 11 is 5.60. The van der Waals surface area contributed by atoms with Crippen molar-refractivity contribution in [2.24, 2.45) is 0 Å². The summed E-state index contributed by atoms with van der Waals surface area (Å²) in [6.07, 6.45) is -1.59. The van der Waals surface area contributed by atoms with E-state index in [1.54, 1.807) is 0 Å². The third kappa shape index (κ3) is 4.47. The minimum absolute atomic E-state index is 0.127. The number of nitro benzene ring substituents is 1. The van der Waals surface area contributed by atoms with Crippen LogP contribution in [-0.4, -0.2) is 23.3 Å². The molecule has 0 saturated carbocycles. The van der Waals surface area contributed by atoms with Gasteiger partial charge in [0.05, 0.1) is 17.6 Å². The second-order valence-electron chi connectivity index (χ2n) is 2.97. The predicted molar refractivity (Wildman–Crippen MR) is 67.9 cm³/mol. The first-order valence-electron chi connectivity index (χ1n) is 5.33. The van der Waals surface area contributed by atoms with E-state index in [2.05, 4.69) is 9.62 Å². The molecule has 0 amide bonds. The Morgan fingerprint density at radius 3 is 2.47 bits per heavy atom. The molecule has 0 aliphatic heterocycles. The summed E-state index contributed by atoms with van der Waals surface area (Å²) in [5, 5.41) is 19.5. The minimum atomic E-state index is -1.59. The van der Waals surface area contributed by atoms with Crippen molar-refractivity contribution in [3.63, 3.8) is 0 Å². The van der Waals surface area contributed by atoms with E-state index in [4.69, 9.17) is 16.9 Å². The topological polar surface area (TPSA) is 98.9 Å². The van der Waals surface area contributed by atoms with Crippen LogP contribution in [0.4, 0.5) is 5.69 Å². The molecule has 1 N–H and O–H groups in total. The highest BCUT2D eigenvalue weighted by atomic mass is 35.5. The monoisotopic (exact) mass is 291 g/mol. The Kier molecular flexibility index (Phi) is 7.66. The molecule has 106 valence electrons. The van der Waals surface area contributed by atoms with E-state index in [-0.39, 0.29) is 10.6 Å². The predicted octanol–water partition coefficient (Wildman–Crippen LogP) is 2.98. The van der Waals surface area contributed by atoms with Gasteiger partial charge in [0.15, 0.2) is 0 Å². The number of nitro groups is 1. The summed E-state index contributed by atoms with van der Waals surface area (Å²) in [7, 11) is 1.07. The van der Waals surface area contributed by atoms with Crippen molar-refractivity contribution in [3.8, 4) is 0 Å². The molecular weight excluding hydrogens is 278 g/mol. The molecule has 0 fully saturated rings. The van der Waals surface area contributed by atoms with E-state index < -0.39 is 22.7 Å². The van der Waals surface area contributed by atoms with Crippen molar-refractivity contribution in [3.05, 3.63) is 38.9 Å². The quantitative estimate of drug-likeness (QED) is 0.396. The first-order chi connectivity index (χ1) is 9.01. The highest BCUT2D eigenvalue weighted by molar-refractivity contribution is 6.30. The molecule has 1 unspecified atom stereocenters. The van der Waals surface area contributed by atoms with Gasteiger partial charge in [-0.1, -0.05) is 25.4 Å². The first kappa shape index (κ1) is 17.3. The molecule has 0 aliphatic rings. The van der Waals surface area contributed by atoms with Gasteiger partial charge >= 0.3 is 5.97 Å². The molecule has 0 aliphatic carbocycles. The van der Waals surface area contributed by atoms with Crippen molar-refractivity contribution in [1.29, 1.82) is 0 Å². The van der Waals surface area contributed by atoms with Crippen LogP contribution in [0.2, 0.25) is 5.02 Å². The van der Waals surface area contributed by atoms with Gasteiger partial charge in [-0.05, 0) is 12.1 Å². The number of nitrogens with zero attached hydrogens (tertiary/aromatic N) is 1.